The molecule has 9 heteroatoms. The van der Waals surface area contributed by atoms with Crippen molar-refractivity contribution in [2.45, 2.75) is 6.54 Å². The lowest BCUT2D eigenvalue weighted by atomic mass is 10.2. The maximum atomic E-state index is 6.17. The Labute approximate surface area is 159 Å². The SMILES string of the molecule is S=C(Nc1ccc2c(c1)OCO2)Nc1ncn(Cc2ccccc2Cl)n1. The molecule has 1 aliphatic rings. The molecule has 0 amide bonds. The van der Waals surface area contributed by atoms with E-state index in [0.717, 1.165) is 17.0 Å². The van der Waals surface area contributed by atoms with Crippen LogP contribution in [0.1, 0.15) is 5.56 Å². The highest BCUT2D eigenvalue weighted by Crippen LogP contribution is 2.34. The van der Waals surface area contributed by atoms with Crippen LogP contribution in [0.15, 0.2) is 48.8 Å². The van der Waals surface area contributed by atoms with Crippen LogP contribution in [0.4, 0.5) is 11.6 Å². The Bertz CT molecular complexity index is 962. The molecule has 2 aromatic carbocycles. The van der Waals surface area contributed by atoms with Crippen molar-refractivity contribution in [3.63, 3.8) is 0 Å². The van der Waals surface area contributed by atoms with E-state index in [-0.39, 0.29) is 6.79 Å². The van der Waals surface area contributed by atoms with Crippen LogP contribution >= 0.6 is 23.8 Å². The third-order valence-electron chi connectivity index (χ3n) is 3.68. The summed E-state index contributed by atoms with van der Waals surface area (Å²) < 4.78 is 12.3. The van der Waals surface area contributed by atoms with E-state index >= 15 is 0 Å². The molecule has 1 aromatic heterocycles. The molecule has 0 saturated heterocycles. The number of nitrogens with zero attached hydrogens (tertiary/aromatic N) is 3. The minimum Gasteiger partial charge on any atom is -0.454 e. The number of benzene rings is 2. The van der Waals surface area contributed by atoms with Crippen LogP contribution in [-0.4, -0.2) is 26.7 Å². The van der Waals surface area contributed by atoms with Gasteiger partial charge in [-0.15, -0.1) is 5.10 Å². The first-order chi connectivity index (χ1) is 12.7. The molecule has 4 rings (SSSR count). The summed E-state index contributed by atoms with van der Waals surface area (Å²) in [4.78, 5) is 4.21. The van der Waals surface area contributed by atoms with Crippen LogP contribution in [0, 0.1) is 0 Å². The van der Waals surface area contributed by atoms with Gasteiger partial charge in [-0.05, 0) is 36.0 Å². The predicted octanol–water partition coefficient (Wildman–Crippen LogP) is 3.52. The number of anilines is 2. The zero-order valence-electron chi connectivity index (χ0n) is 13.5. The number of nitrogens with one attached hydrogen (secondary N) is 2. The summed E-state index contributed by atoms with van der Waals surface area (Å²) in [6.07, 6.45) is 1.62. The van der Waals surface area contributed by atoms with Crippen LogP contribution in [0.2, 0.25) is 5.02 Å². The summed E-state index contributed by atoms with van der Waals surface area (Å²) in [7, 11) is 0. The number of hydrogen-bond donors (Lipinski definition) is 2. The van der Waals surface area contributed by atoms with E-state index in [9.17, 15) is 0 Å². The fourth-order valence-electron chi connectivity index (χ4n) is 2.47. The summed E-state index contributed by atoms with van der Waals surface area (Å²) in [6.45, 7) is 0.755. The molecule has 2 heterocycles. The predicted molar refractivity (Wildman–Crippen MR) is 103 cm³/mol. The molecule has 132 valence electrons. The molecule has 0 aliphatic carbocycles. The lowest BCUT2D eigenvalue weighted by Gasteiger charge is -2.08. The second kappa shape index (κ2) is 7.19. The van der Waals surface area contributed by atoms with E-state index in [1.165, 1.54) is 0 Å². The number of aromatic nitrogens is 3. The van der Waals surface area contributed by atoms with Gasteiger partial charge in [-0.2, -0.15) is 0 Å². The minimum atomic E-state index is 0.230. The van der Waals surface area contributed by atoms with Gasteiger partial charge in [-0.3, -0.25) is 5.32 Å². The molecule has 0 bridgehead atoms. The molecule has 0 radical (unpaired) electrons. The molecule has 0 unspecified atom stereocenters. The van der Waals surface area contributed by atoms with Gasteiger partial charge in [0.05, 0.1) is 6.54 Å². The van der Waals surface area contributed by atoms with Gasteiger partial charge in [0, 0.05) is 16.8 Å². The van der Waals surface area contributed by atoms with Crippen molar-refractivity contribution in [1.29, 1.82) is 0 Å². The molecule has 26 heavy (non-hydrogen) atoms. The summed E-state index contributed by atoms with van der Waals surface area (Å²) in [5.74, 6) is 1.80. The van der Waals surface area contributed by atoms with E-state index in [4.69, 9.17) is 33.3 Å². The quantitative estimate of drug-likeness (QED) is 0.663. The number of ether oxygens (including phenoxy) is 2. The topological polar surface area (TPSA) is 73.2 Å². The van der Waals surface area contributed by atoms with Crippen LogP contribution in [-0.2, 0) is 6.54 Å². The van der Waals surface area contributed by atoms with Gasteiger partial charge in [0.15, 0.2) is 16.6 Å². The molecule has 0 fully saturated rings. The molecular weight excluding hydrogens is 374 g/mol. The van der Waals surface area contributed by atoms with Crippen LogP contribution < -0.4 is 20.1 Å². The average molecular weight is 388 g/mol. The van der Waals surface area contributed by atoms with E-state index in [0.29, 0.717) is 28.4 Å². The Kier molecular flexibility index (Phi) is 4.59. The van der Waals surface area contributed by atoms with E-state index in [2.05, 4.69) is 20.7 Å². The molecule has 1 aliphatic heterocycles. The minimum absolute atomic E-state index is 0.230. The third-order valence-corrected chi connectivity index (χ3v) is 4.26. The maximum absolute atomic E-state index is 6.17. The number of halogens is 1. The van der Waals surface area contributed by atoms with E-state index in [1.54, 1.807) is 11.0 Å². The summed E-state index contributed by atoms with van der Waals surface area (Å²) in [5.41, 5.74) is 1.74. The Balaban J connectivity index is 1.38. The second-order valence-corrected chi connectivity index (χ2v) is 6.32. The van der Waals surface area contributed by atoms with Gasteiger partial charge in [0.25, 0.3) is 0 Å². The van der Waals surface area contributed by atoms with Crippen molar-refractivity contribution >= 4 is 40.6 Å². The van der Waals surface area contributed by atoms with Crippen molar-refractivity contribution < 1.29 is 9.47 Å². The van der Waals surface area contributed by atoms with Crippen molar-refractivity contribution in [3.05, 3.63) is 59.4 Å². The third kappa shape index (κ3) is 3.71. The molecule has 2 N–H and O–H groups in total. The van der Waals surface area contributed by atoms with Gasteiger partial charge >= 0.3 is 0 Å². The Morgan fingerprint density at radius 2 is 2.00 bits per heavy atom. The second-order valence-electron chi connectivity index (χ2n) is 5.50. The fraction of sp³-hybridized carbons (Fsp3) is 0.118. The lowest BCUT2D eigenvalue weighted by molar-refractivity contribution is 0.174. The fourth-order valence-corrected chi connectivity index (χ4v) is 2.87. The standard InChI is InChI=1S/C17H14ClN5O2S/c18-13-4-2-1-3-11(13)8-23-9-19-16(22-23)21-17(26)20-12-5-6-14-15(7-12)25-10-24-14/h1-7,9H,8,10H2,(H2,20,21,22,26). The molecule has 0 saturated carbocycles. The van der Waals surface area contributed by atoms with E-state index in [1.807, 2.05) is 42.5 Å². The molecule has 0 atom stereocenters. The summed E-state index contributed by atoms with van der Waals surface area (Å²) in [5, 5.41) is 11.4. The normalized spacial score (nSPS) is 12.0. The Morgan fingerprint density at radius 1 is 1.15 bits per heavy atom. The van der Waals surface area contributed by atoms with Crippen LogP contribution in [0.25, 0.3) is 0 Å². The lowest BCUT2D eigenvalue weighted by Crippen LogP contribution is -2.20. The van der Waals surface area contributed by atoms with Crippen molar-refractivity contribution in [3.8, 4) is 11.5 Å². The zero-order chi connectivity index (χ0) is 17.9. The Morgan fingerprint density at radius 3 is 2.88 bits per heavy atom. The van der Waals surface area contributed by atoms with Gasteiger partial charge < -0.3 is 14.8 Å². The number of fused-ring (bicyclic) bond motifs is 1. The largest absolute Gasteiger partial charge is 0.454 e. The van der Waals surface area contributed by atoms with E-state index < -0.39 is 0 Å². The van der Waals surface area contributed by atoms with Crippen molar-refractivity contribution in [2.75, 3.05) is 17.4 Å². The highest BCUT2D eigenvalue weighted by Gasteiger charge is 2.14. The average Bonchev–Trinajstić information content (AvgIpc) is 3.25. The molecule has 7 nitrogen and oxygen atoms in total. The number of thiocarbonyl (C=S) groups is 1. The Hall–Kier alpha value is -2.84. The van der Waals surface area contributed by atoms with Gasteiger partial charge in [0.1, 0.15) is 6.33 Å². The van der Waals surface area contributed by atoms with Gasteiger partial charge in [0.2, 0.25) is 12.7 Å². The monoisotopic (exact) mass is 387 g/mol. The first-order valence-corrected chi connectivity index (χ1v) is 8.56. The van der Waals surface area contributed by atoms with Crippen molar-refractivity contribution in [1.82, 2.24) is 14.8 Å². The van der Waals surface area contributed by atoms with Gasteiger partial charge in [-0.1, -0.05) is 29.8 Å². The molecular formula is C17H14ClN5O2S. The number of rotatable bonds is 4. The van der Waals surface area contributed by atoms with Crippen LogP contribution in [0.3, 0.4) is 0 Å². The molecule has 0 spiro atoms. The van der Waals surface area contributed by atoms with Crippen molar-refractivity contribution in [2.24, 2.45) is 0 Å². The first-order valence-electron chi connectivity index (χ1n) is 7.78. The maximum Gasteiger partial charge on any atom is 0.248 e. The van der Waals surface area contributed by atoms with Crippen LogP contribution in [0.5, 0.6) is 11.5 Å². The summed E-state index contributed by atoms with van der Waals surface area (Å²) >= 11 is 11.5. The first kappa shape index (κ1) is 16.6. The highest BCUT2D eigenvalue weighted by molar-refractivity contribution is 7.80. The van der Waals surface area contributed by atoms with Gasteiger partial charge in [-0.25, -0.2) is 9.67 Å². The zero-order valence-corrected chi connectivity index (χ0v) is 15.0. The highest BCUT2D eigenvalue weighted by atomic mass is 35.5. The number of hydrogen-bond acceptors (Lipinski definition) is 5. The smallest absolute Gasteiger partial charge is 0.248 e. The summed E-state index contributed by atoms with van der Waals surface area (Å²) in [6, 6.07) is 13.1. The molecule has 3 aromatic rings.